The predicted molar refractivity (Wildman–Crippen MR) is 82.4 cm³/mol. The Labute approximate surface area is 123 Å². The SMILES string of the molecule is CCCCCCCC/C=C/C(O)C(CO)NC(=O)CC. The molecule has 2 unspecified atom stereocenters. The van der Waals surface area contributed by atoms with Crippen LogP contribution in [-0.4, -0.2) is 34.9 Å². The van der Waals surface area contributed by atoms with E-state index in [1.807, 2.05) is 6.08 Å². The number of rotatable bonds is 12. The van der Waals surface area contributed by atoms with E-state index in [0.717, 1.165) is 12.8 Å². The van der Waals surface area contributed by atoms with Crippen LogP contribution in [0.5, 0.6) is 0 Å². The molecule has 4 heteroatoms. The van der Waals surface area contributed by atoms with Crippen LogP contribution >= 0.6 is 0 Å². The van der Waals surface area contributed by atoms with E-state index in [2.05, 4.69) is 12.2 Å². The van der Waals surface area contributed by atoms with E-state index in [1.54, 1.807) is 13.0 Å². The first-order chi connectivity index (χ1) is 9.65. The number of allylic oxidation sites excluding steroid dienone is 1. The van der Waals surface area contributed by atoms with Crippen molar-refractivity contribution in [3.8, 4) is 0 Å². The minimum atomic E-state index is -0.824. The van der Waals surface area contributed by atoms with E-state index in [0.29, 0.717) is 6.42 Å². The van der Waals surface area contributed by atoms with Gasteiger partial charge in [-0.15, -0.1) is 0 Å². The van der Waals surface area contributed by atoms with Crippen LogP contribution in [0.25, 0.3) is 0 Å². The van der Waals surface area contributed by atoms with Crippen LogP contribution in [0.1, 0.15) is 65.2 Å². The van der Waals surface area contributed by atoms with Gasteiger partial charge in [-0.05, 0) is 12.8 Å². The van der Waals surface area contributed by atoms with Crippen LogP contribution in [0.15, 0.2) is 12.2 Å². The first kappa shape index (κ1) is 19.1. The second-order valence-corrected chi connectivity index (χ2v) is 5.19. The van der Waals surface area contributed by atoms with E-state index in [9.17, 15) is 9.90 Å². The molecule has 20 heavy (non-hydrogen) atoms. The molecule has 0 bridgehead atoms. The van der Waals surface area contributed by atoms with Gasteiger partial charge < -0.3 is 15.5 Å². The maximum absolute atomic E-state index is 11.2. The van der Waals surface area contributed by atoms with E-state index in [4.69, 9.17) is 5.11 Å². The van der Waals surface area contributed by atoms with Crippen LogP contribution in [0.3, 0.4) is 0 Å². The largest absolute Gasteiger partial charge is 0.394 e. The first-order valence-electron chi connectivity index (χ1n) is 7.90. The molecule has 0 saturated heterocycles. The zero-order valence-electron chi connectivity index (χ0n) is 13.0. The third-order valence-corrected chi connectivity index (χ3v) is 3.33. The third-order valence-electron chi connectivity index (χ3n) is 3.33. The fourth-order valence-electron chi connectivity index (χ4n) is 1.96. The predicted octanol–water partition coefficient (Wildman–Crippen LogP) is 2.54. The molecule has 0 aliphatic carbocycles. The number of carbonyl (C=O) groups excluding carboxylic acids is 1. The molecule has 0 aromatic rings. The second-order valence-electron chi connectivity index (χ2n) is 5.19. The van der Waals surface area contributed by atoms with Gasteiger partial charge in [-0.2, -0.15) is 0 Å². The summed E-state index contributed by atoms with van der Waals surface area (Å²) in [5.41, 5.74) is 0. The monoisotopic (exact) mass is 285 g/mol. The van der Waals surface area contributed by atoms with Crippen molar-refractivity contribution >= 4 is 5.91 Å². The molecule has 3 N–H and O–H groups in total. The highest BCUT2D eigenvalue weighted by atomic mass is 16.3. The molecule has 0 fully saturated rings. The minimum absolute atomic E-state index is 0.160. The van der Waals surface area contributed by atoms with Crippen LogP contribution in [0, 0.1) is 0 Å². The van der Waals surface area contributed by atoms with Gasteiger partial charge in [-0.25, -0.2) is 0 Å². The average Bonchev–Trinajstić information content (AvgIpc) is 2.46. The van der Waals surface area contributed by atoms with Crippen molar-refractivity contribution in [3.63, 3.8) is 0 Å². The number of aliphatic hydroxyl groups excluding tert-OH is 2. The van der Waals surface area contributed by atoms with Gasteiger partial charge in [0.1, 0.15) is 0 Å². The summed E-state index contributed by atoms with van der Waals surface area (Å²) >= 11 is 0. The summed E-state index contributed by atoms with van der Waals surface area (Å²) in [5, 5.41) is 21.6. The topological polar surface area (TPSA) is 69.6 Å². The lowest BCUT2D eigenvalue weighted by Gasteiger charge is -2.19. The first-order valence-corrected chi connectivity index (χ1v) is 7.90. The van der Waals surface area contributed by atoms with Gasteiger partial charge in [0.2, 0.25) is 5.91 Å². The van der Waals surface area contributed by atoms with Gasteiger partial charge in [-0.1, -0.05) is 58.1 Å². The number of amides is 1. The molecule has 0 aliphatic rings. The molecule has 0 spiro atoms. The summed E-state index contributed by atoms with van der Waals surface area (Å²) in [6.45, 7) is 3.69. The number of hydrogen-bond donors (Lipinski definition) is 3. The number of aliphatic hydroxyl groups is 2. The smallest absolute Gasteiger partial charge is 0.220 e. The normalized spacial score (nSPS) is 14.4. The van der Waals surface area contributed by atoms with Crippen molar-refractivity contribution in [3.05, 3.63) is 12.2 Å². The molecular weight excluding hydrogens is 254 g/mol. The summed E-state index contributed by atoms with van der Waals surface area (Å²) in [7, 11) is 0. The lowest BCUT2D eigenvalue weighted by Crippen LogP contribution is -2.44. The Morgan fingerprint density at radius 3 is 2.40 bits per heavy atom. The maximum Gasteiger partial charge on any atom is 0.220 e. The van der Waals surface area contributed by atoms with Gasteiger partial charge in [0, 0.05) is 6.42 Å². The maximum atomic E-state index is 11.2. The number of unbranched alkanes of at least 4 members (excludes halogenated alkanes) is 6. The summed E-state index contributed by atoms with van der Waals surface area (Å²) in [4.78, 5) is 11.2. The quantitative estimate of drug-likeness (QED) is 0.381. The highest BCUT2D eigenvalue weighted by Gasteiger charge is 2.16. The van der Waals surface area contributed by atoms with E-state index in [1.165, 1.54) is 32.1 Å². The standard InChI is InChI=1S/C16H31NO3/c1-3-5-6-7-8-9-10-11-12-15(19)14(13-18)17-16(20)4-2/h11-12,14-15,18-19H,3-10,13H2,1-2H3,(H,17,20)/b12-11+. The van der Waals surface area contributed by atoms with E-state index >= 15 is 0 Å². The van der Waals surface area contributed by atoms with Gasteiger partial charge in [0.25, 0.3) is 0 Å². The summed E-state index contributed by atoms with van der Waals surface area (Å²) < 4.78 is 0. The Kier molecular flexibility index (Phi) is 12.6. The molecule has 2 atom stereocenters. The van der Waals surface area contributed by atoms with Crippen molar-refractivity contribution in [1.29, 1.82) is 0 Å². The Hall–Kier alpha value is -0.870. The molecule has 0 aromatic heterocycles. The summed E-state index contributed by atoms with van der Waals surface area (Å²) in [6, 6.07) is -0.608. The fourth-order valence-corrected chi connectivity index (χ4v) is 1.96. The second kappa shape index (κ2) is 13.1. The molecule has 0 saturated carbocycles. The molecule has 1 amide bonds. The Balaban J connectivity index is 3.78. The number of carbonyl (C=O) groups is 1. The molecule has 0 rings (SSSR count). The average molecular weight is 285 g/mol. The van der Waals surface area contributed by atoms with Crippen molar-refractivity contribution < 1.29 is 15.0 Å². The Bertz CT molecular complexity index is 266. The van der Waals surface area contributed by atoms with Crippen molar-refractivity contribution in [2.24, 2.45) is 0 Å². The molecule has 0 aliphatic heterocycles. The summed E-state index contributed by atoms with van der Waals surface area (Å²) in [6.07, 6.45) is 11.6. The van der Waals surface area contributed by atoms with Crippen molar-refractivity contribution in [2.45, 2.75) is 77.4 Å². The molecule has 118 valence electrons. The van der Waals surface area contributed by atoms with Crippen molar-refractivity contribution in [2.75, 3.05) is 6.61 Å². The lowest BCUT2D eigenvalue weighted by atomic mass is 10.1. The number of nitrogens with one attached hydrogen (secondary N) is 1. The Morgan fingerprint density at radius 2 is 1.80 bits per heavy atom. The zero-order chi connectivity index (χ0) is 15.2. The third kappa shape index (κ3) is 9.98. The Morgan fingerprint density at radius 1 is 1.15 bits per heavy atom. The zero-order valence-corrected chi connectivity index (χ0v) is 13.0. The van der Waals surface area contributed by atoms with Gasteiger partial charge in [0.05, 0.1) is 18.8 Å². The van der Waals surface area contributed by atoms with Crippen LogP contribution in [0.4, 0.5) is 0 Å². The lowest BCUT2D eigenvalue weighted by molar-refractivity contribution is -0.122. The van der Waals surface area contributed by atoms with Crippen molar-refractivity contribution in [1.82, 2.24) is 5.32 Å². The molecule has 0 heterocycles. The molecule has 0 radical (unpaired) electrons. The molecular formula is C16H31NO3. The minimum Gasteiger partial charge on any atom is -0.394 e. The summed E-state index contributed by atoms with van der Waals surface area (Å²) in [5.74, 6) is -0.160. The van der Waals surface area contributed by atoms with Crippen LogP contribution in [0.2, 0.25) is 0 Å². The van der Waals surface area contributed by atoms with Crippen LogP contribution in [-0.2, 0) is 4.79 Å². The highest BCUT2D eigenvalue weighted by Crippen LogP contribution is 2.07. The molecule has 4 nitrogen and oxygen atoms in total. The van der Waals surface area contributed by atoms with Gasteiger partial charge >= 0.3 is 0 Å². The fraction of sp³-hybridized carbons (Fsp3) is 0.812. The highest BCUT2D eigenvalue weighted by molar-refractivity contribution is 5.75. The van der Waals surface area contributed by atoms with Crippen LogP contribution < -0.4 is 5.32 Å². The van der Waals surface area contributed by atoms with Gasteiger partial charge in [-0.3, -0.25) is 4.79 Å². The van der Waals surface area contributed by atoms with Gasteiger partial charge in [0.15, 0.2) is 0 Å². The van der Waals surface area contributed by atoms with E-state index in [-0.39, 0.29) is 12.5 Å². The van der Waals surface area contributed by atoms with E-state index < -0.39 is 12.1 Å². The molecule has 0 aromatic carbocycles. The number of hydrogen-bond acceptors (Lipinski definition) is 3.